The summed E-state index contributed by atoms with van der Waals surface area (Å²) in [6.45, 7) is 1.25. The number of amides is 2. The Bertz CT molecular complexity index is 1340. The molecule has 6 heteroatoms. The van der Waals surface area contributed by atoms with E-state index in [4.69, 9.17) is 5.73 Å². The molecule has 0 aliphatic carbocycles. The van der Waals surface area contributed by atoms with Gasteiger partial charge < -0.3 is 10.3 Å². The fourth-order valence-electron chi connectivity index (χ4n) is 4.17. The van der Waals surface area contributed by atoms with Crippen molar-refractivity contribution in [3.05, 3.63) is 78.1 Å². The number of nitrogens with zero attached hydrogens (tertiary/aromatic N) is 2. The number of pyridine rings is 1. The van der Waals surface area contributed by atoms with Gasteiger partial charge in [-0.25, -0.2) is 4.98 Å². The number of hydrogen-bond donors (Lipinski definition) is 2. The van der Waals surface area contributed by atoms with E-state index in [-0.39, 0.29) is 11.8 Å². The third kappa shape index (κ3) is 2.81. The summed E-state index contributed by atoms with van der Waals surface area (Å²) >= 11 is 0. The van der Waals surface area contributed by atoms with Crippen LogP contribution in [0, 0.1) is 0 Å². The van der Waals surface area contributed by atoms with E-state index in [2.05, 4.69) is 10.3 Å². The molecule has 0 saturated carbocycles. The lowest BCUT2D eigenvalue weighted by Crippen LogP contribution is -2.22. The Morgan fingerprint density at radius 3 is 2.43 bits per heavy atom. The van der Waals surface area contributed by atoms with Gasteiger partial charge in [0.2, 0.25) is 0 Å². The normalized spacial score (nSPS) is 14.2. The van der Waals surface area contributed by atoms with Gasteiger partial charge in [0.1, 0.15) is 5.65 Å². The minimum atomic E-state index is -0.385. The molecule has 0 fully saturated rings. The molecule has 3 heterocycles. The summed E-state index contributed by atoms with van der Waals surface area (Å²) < 4.78 is 2.00. The molecule has 2 aromatic carbocycles. The van der Waals surface area contributed by atoms with E-state index >= 15 is 0 Å². The molecular weight excluding hydrogens is 376 g/mol. The molecule has 1 aliphatic heterocycles. The van der Waals surface area contributed by atoms with Gasteiger partial charge in [0, 0.05) is 29.9 Å². The average Bonchev–Trinajstić information content (AvgIpc) is 3.27. The fourth-order valence-corrected chi connectivity index (χ4v) is 4.17. The van der Waals surface area contributed by atoms with Crippen LogP contribution in [0.4, 0.5) is 0 Å². The number of nitrogens with two attached hydrogens (primary N) is 1. The van der Waals surface area contributed by atoms with E-state index in [1.165, 1.54) is 0 Å². The highest BCUT2D eigenvalue weighted by Crippen LogP contribution is 2.37. The Morgan fingerprint density at radius 2 is 1.60 bits per heavy atom. The molecule has 4 aromatic rings. The topological polar surface area (TPSA) is 90.0 Å². The minimum absolute atomic E-state index is 0.377. The van der Waals surface area contributed by atoms with Gasteiger partial charge in [-0.3, -0.25) is 14.9 Å². The van der Waals surface area contributed by atoms with Crippen LogP contribution in [0.2, 0.25) is 0 Å². The van der Waals surface area contributed by atoms with E-state index in [1.807, 2.05) is 65.4 Å². The van der Waals surface area contributed by atoms with Crippen LogP contribution in [0.5, 0.6) is 0 Å². The van der Waals surface area contributed by atoms with Gasteiger partial charge in [-0.15, -0.1) is 0 Å². The maximum absolute atomic E-state index is 12.9. The molecule has 3 N–H and O–H groups in total. The van der Waals surface area contributed by atoms with Gasteiger partial charge in [0.25, 0.3) is 11.8 Å². The molecule has 1 aliphatic rings. The third-order valence-corrected chi connectivity index (χ3v) is 5.50. The first-order valence-corrected chi connectivity index (χ1v) is 9.91. The predicted molar refractivity (Wildman–Crippen MR) is 117 cm³/mol. The zero-order chi connectivity index (χ0) is 20.7. The molecule has 2 aromatic heterocycles. The summed E-state index contributed by atoms with van der Waals surface area (Å²) in [6.07, 6.45) is 4.43. The molecule has 6 nitrogen and oxygen atoms in total. The van der Waals surface area contributed by atoms with Crippen molar-refractivity contribution in [3.8, 4) is 0 Å². The van der Waals surface area contributed by atoms with Crippen LogP contribution in [0.25, 0.3) is 33.0 Å². The Morgan fingerprint density at radius 1 is 0.867 bits per heavy atom. The van der Waals surface area contributed by atoms with E-state index in [0.29, 0.717) is 29.8 Å². The first-order valence-electron chi connectivity index (χ1n) is 9.91. The molecule has 30 heavy (non-hydrogen) atoms. The number of carbonyl (C=O) groups is 2. The van der Waals surface area contributed by atoms with Crippen molar-refractivity contribution in [1.82, 2.24) is 14.9 Å². The minimum Gasteiger partial charge on any atom is -0.332 e. The van der Waals surface area contributed by atoms with Crippen LogP contribution in [0.15, 0.2) is 67.0 Å². The van der Waals surface area contributed by atoms with Gasteiger partial charge in [-0.2, -0.15) is 0 Å². The molecular formula is C24H20N4O2. The lowest BCUT2D eigenvalue weighted by molar-refractivity contribution is -0.122. The summed E-state index contributed by atoms with van der Waals surface area (Å²) in [6, 6.07) is 17.4. The summed E-state index contributed by atoms with van der Waals surface area (Å²) in [5, 5.41) is 5.28. The second-order valence-electron chi connectivity index (χ2n) is 7.31. The SMILES string of the molecule is NCCCn1cc(C2=C(c3cccc4ccccc34)C(=O)NC2=O)c2cccnc21. The third-order valence-electron chi connectivity index (χ3n) is 5.50. The Balaban J connectivity index is 1.81. The first-order chi connectivity index (χ1) is 14.7. The molecule has 2 amide bonds. The van der Waals surface area contributed by atoms with Crippen LogP contribution in [0.1, 0.15) is 17.5 Å². The second-order valence-corrected chi connectivity index (χ2v) is 7.31. The monoisotopic (exact) mass is 396 g/mol. The summed E-state index contributed by atoms with van der Waals surface area (Å²) in [5.41, 5.74) is 8.71. The van der Waals surface area contributed by atoms with Gasteiger partial charge >= 0.3 is 0 Å². The zero-order valence-electron chi connectivity index (χ0n) is 16.3. The lowest BCUT2D eigenvalue weighted by atomic mass is 9.93. The number of aryl methyl sites for hydroxylation is 1. The number of benzene rings is 2. The average molecular weight is 396 g/mol. The van der Waals surface area contributed by atoms with Crippen LogP contribution < -0.4 is 11.1 Å². The highest BCUT2D eigenvalue weighted by molar-refractivity contribution is 6.50. The molecule has 0 radical (unpaired) electrons. The van der Waals surface area contributed by atoms with Crippen LogP contribution >= 0.6 is 0 Å². The Labute approximate surface area is 173 Å². The van der Waals surface area contributed by atoms with Crippen molar-refractivity contribution in [3.63, 3.8) is 0 Å². The maximum Gasteiger partial charge on any atom is 0.259 e. The number of nitrogens with one attached hydrogen (secondary N) is 1. The molecule has 0 spiro atoms. The van der Waals surface area contributed by atoms with Crippen LogP contribution in [-0.4, -0.2) is 27.9 Å². The highest BCUT2D eigenvalue weighted by Gasteiger charge is 2.34. The van der Waals surface area contributed by atoms with Crippen molar-refractivity contribution in [2.24, 2.45) is 5.73 Å². The van der Waals surface area contributed by atoms with Gasteiger partial charge in [0.15, 0.2) is 0 Å². The number of rotatable bonds is 5. The first kappa shape index (κ1) is 18.3. The Hall–Kier alpha value is -3.77. The molecule has 5 rings (SSSR count). The largest absolute Gasteiger partial charge is 0.332 e. The zero-order valence-corrected chi connectivity index (χ0v) is 16.3. The summed E-state index contributed by atoms with van der Waals surface area (Å²) in [4.78, 5) is 30.3. The number of hydrogen-bond acceptors (Lipinski definition) is 4. The van der Waals surface area contributed by atoms with Crippen molar-refractivity contribution in [2.45, 2.75) is 13.0 Å². The number of carbonyl (C=O) groups excluding carboxylic acids is 2. The molecule has 148 valence electrons. The molecule has 0 unspecified atom stereocenters. The second kappa shape index (κ2) is 7.24. The number of fused-ring (bicyclic) bond motifs is 2. The highest BCUT2D eigenvalue weighted by atomic mass is 16.2. The quantitative estimate of drug-likeness (QED) is 0.507. The standard InChI is InChI=1S/C24H20N4O2/c25-11-5-13-28-14-19(18-10-4-12-26-22(18)28)21-20(23(29)27-24(21)30)17-9-3-7-15-6-1-2-8-16(15)17/h1-4,6-10,12,14H,5,11,13,25H2,(H,27,29,30). The molecule has 0 atom stereocenters. The van der Waals surface area contributed by atoms with E-state index in [0.717, 1.165) is 33.8 Å². The number of imide groups is 1. The van der Waals surface area contributed by atoms with Crippen molar-refractivity contribution >= 4 is 44.8 Å². The fraction of sp³-hybridized carbons (Fsp3) is 0.125. The predicted octanol–water partition coefficient (Wildman–Crippen LogP) is 3.11. The summed E-state index contributed by atoms with van der Waals surface area (Å²) in [5.74, 6) is -0.761. The summed E-state index contributed by atoms with van der Waals surface area (Å²) in [7, 11) is 0. The van der Waals surface area contributed by atoms with E-state index < -0.39 is 0 Å². The van der Waals surface area contributed by atoms with Gasteiger partial charge in [-0.05, 0) is 41.4 Å². The van der Waals surface area contributed by atoms with Crippen LogP contribution in [-0.2, 0) is 16.1 Å². The van der Waals surface area contributed by atoms with Crippen molar-refractivity contribution in [1.29, 1.82) is 0 Å². The van der Waals surface area contributed by atoms with Crippen molar-refractivity contribution < 1.29 is 9.59 Å². The smallest absolute Gasteiger partial charge is 0.259 e. The van der Waals surface area contributed by atoms with E-state index in [1.54, 1.807) is 6.20 Å². The Kier molecular flexibility index (Phi) is 4.41. The lowest BCUT2D eigenvalue weighted by Gasteiger charge is -2.08. The van der Waals surface area contributed by atoms with Gasteiger partial charge in [-0.1, -0.05) is 42.5 Å². The van der Waals surface area contributed by atoms with E-state index in [9.17, 15) is 9.59 Å². The van der Waals surface area contributed by atoms with Gasteiger partial charge in [0.05, 0.1) is 11.1 Å². The maximum atomic E-state index is 12.9. The molecule has 0 bridgehead atoms. The van der Waals surface area contributed by atoms with Crippen LogP contribution in [0.3, 0.4) is 0 Å². The number of aromatic nitrogens is 2. The van der Waals surface area contributed by atoms with Crippen molar-refractivity contribution in [2.75, 3.05) is 6.54 Å². The molecule has 0 saturated heterocycles.